The summed E-state index contributed by atoms with van der Waals surface area (Å²) < 4.78 is 0. The van der Waals surface area contributed by atoms with Crippen LogP contribution < -0.4 is 5.32 Å². The molecule has 0 radical (unpaired) electrons. The van der Waals surface area contributed by atoms with Crippen LogP contribution in [0, 0.1) is 0 Å². The van der Waals surface area contributed by atoms with Crippen LogP contribution in [0.5, 0.6) is 0 Å². The van der Waals surface area contributed by atoms with Gasteiger partial charge in [-0.15, -0.1) is 0 Å². The molecule has 26 heavy (non-hydrogen) atoms. The Morgan fingerprint density at radius 1 is 1.19 bits per heavy atom. The highest BCUT2D eigenvalue weighted by Gasteiger charge is 2.21. The number of aromatic amines is 1. The molecule has 134 valence electrons. The minimum Gasteiger partial charge on any atom is -0.349 e. The Morgan fingerprint density at radius 3 is 2.96 bits per heavy atom. The average molecular weight is 366 g/mol. The van der Waals surface area contributed by atoms with Crippen LogP contribution >= 0.6 is 11.8 Å². The molecule has 1 heterocycles. The first-order valence-electron chi connectivity index (χ1n) is 9.24. The van der Waals surface area contributed by atoms with Gasteiger partial charge in [-0.25, -0.2) is 4.98 Å². The van der Waals surface area contributed by atoms with Crippen molar-refractivity contribution in [1.82, 2.24) is 15.3 Å². The van der Waals surface area contributed by atoms with Gasteiger partial charge in [0.1, 0.15) is 0 Å². The van der Waals surface area contributed by atoms with Crippen molar-refractivity contribution in [3.05, 3.63) is 59.7 Å². The maximum absolute atomic E-state index is 12.3. The van der Waals surface area contributed by atoms with Gasteiger partial charge >= 0.3 is 0 Å². The van der Waals surface area contributed by atoms with E-state index in [1.54, 1.807) is 11.8 Å². The van der Waals surface area contributed by atoms with Gasteiger partial charge in [-0.2, -0.15) is 0 Å². The summed E-state index contributed by atoms with van der Waals surface area (Å²) in [7, 11) is 0. The highest BCUT2D eigenvalue weighted by Crippen LogP contribution is 2.29. The Bertz CT molecular complexity index is 872. The van der Waals surface area contributed by atoms with Crippen molar-refractivity contribution in [3.8, 4) is 0 Å². The van der Waals surface area contributed by atoms with Crippen LogP contribution in [0.3, 0.4) is 0 Å². The van der Waals surface area contributed by atoms with Gasteiger partial charge in [0.05, 0.1) is 17.1 Å². The molecule has 1 aliphatic rings. The third-order valence-electron chi connectivity index (χ3n) is 4.86. The smallest absolute Gasteiger partial charge is 0.220 e. The summed E-state index contributed by atoms with van der Waals surface area (Å²) in [5.74, 6) is 1.03. The van der Waals surface area contributed by atoms with E-state index < -0.39 is 0 Å². The summed E-state index contributed by atoms with van der Waals surface area (Å²) in [5.41, 5.74) is 4.72. The molecule has 2 N–H and O–H groups in total. The molecule has 2 aromatic carbocycles. The monoisotopic (exact) mass is 365 g/mol. The van der Waals surface area contributed by atoms with Crippen molar-refractivity contribution >= 4 is 28.7 Å². The second kappa shape index (κ2) is 7.96. The zero-order valence-electron chi connectivity index (χ0n) is 14.7. The summed E-state index contributed by atoms with van der Waals surface area (Å²) in [4.78, 5) is 20.2. The Labute approximate surface area is 157 Å². The number of amides is 1. The number of hydrogen-bond donors (Lipinski definition) is 2. The molecule has 0 bridgehead atoms. The van der Waals surface area contributed by atoms with Crippen molar-refractivity contribution < 1.29 is 4.79 Å². The van der Waals surface area contributed by atoms with Crippen molar-refractivity contribution in [1.29, 1.82) is 0 Å². The molecule has 4 nitrogen and oxygen atoms in total. The summed E-state index contributed by atoms with van der Waals surface area (Å²) in [6.07, 6.45) is 4.71. The lowest BCUT2D eigenvalue weighted by atomic mass is 9.87. The zero-order valence-corrected chi connectivity index (χ0v) is 15.5. The summed E-state index contributed by atoms with van der Waals surface area (Å²) in [6, 6.07) is 16.7. The second-order valence-electron chi connectivity index (χ2n) is 6.72. The van der Waals surface area contributed by atoms with Crippen LogP contribution in [-0.4, -0.2) is 21.6 Å². The first kappa shape index (κ1) is 17.2. The fraction of sp³-hybridized carbons (Fsp3) is 0.333. The number of para-hydroxylation sites is 2. The number of nitrogens with one attached hydrogen (secondary N) is 2. The first-order valence-corrected chi connectivity index (χ1v) is 10.2. The lowest BCUT2D eigenvalue weighted by Gasteiger charge is -2.26. The van der Waals surface area contributed by atoms with Crippen LogP contribution in [0.1, 0.15) is 42.9 Å². The van der Waals surface area contributed by atoms with Crippen molar-refractivity contribution in [3.63, 3.8) is 0 Å². The Kier molecular flexibility index (Phi) is 5.25. The number of imidazole rings is 1. The molecular weight excluding hydrogens is 342 g/mol. The van der Waals surface area contributed by atoms with E-state index in [0.717, 1.165) is 47.6 Å². The van der Waals surface area contributed by atoms with Crippen LogP contribution in [-0.2, 0) is 11.2 Å². The van der Waals surface area contributed by atoms with E-state index >= 15 is 0 Å². The number of rotatable bonds is 6. The standard InChI is InChI=1S/C21H23N3OS/c25-20(22-17-12-5-8-15-7-1-2-9-16(15)17)13-6-14-26-21-23-18-10-3-4-11-19(18)24-21/h1-4,7,9-11,17H,5-6,8,12-14H2,(H,22,25)(H,23,24)/t17-/m1/s1. The maximum atomic E-state index is 12.3. The highest BCUT2D eigenvalue weighted by molar-refractivity contribution is 7.99. The van der Waals surface area contributed by atoms with Crippen LogP contribution in [0.4, 0.5) is 0 Å². The van der Waals surface area contributed by atoms with E-state index in [0.29, 0.717) is 6.42 Å². The number of nitrogens with zero attached hydrogens (tertiary/aromatic N) is 1. The lowest BCUT2D eigenvalue weighted by Crippen LogP contribution is -2.30. The molecule has 0 saturated carbocycles. The van der Waals surface area contributed by atoms with Crippen LogP contribution in [0.2, 0.25) is 0 Å². The first-order chi connectivity index (χ1) is 12.8. The van der Waals surface area contributed by atoms with Crippen molar-refractivity contribution in [2.75, 3.05) is 5.75 Å². The molecule has 1 amide bonds. The summed E-state index contributed by atoms with van der Waals surface area (Å²) >= 11 is 1.68. The number of benzene rings is 2. The number of hydrogen-bond acceptors (Lipinski definition) is 3. The lowest BCUT2D eigenvalue weighted by molar-refractivity contribution is -0.121. The molecule has 4 rings (SSSR count). The van der Waals surface area contributed by atoms with Gasteiger partial charge in [0, 0.05) is 12.2 Å². The molecule has 1 aliphatic carbocycles. The van der Waals surface area contributed by atoms with E-state index in [1.807, 2.05) is 24.3 Å². The Morgan fingerprint density at radius 2 is 2.04 bits per heavy atom. The number of thioether (sulfide) groups is 1. The van der Waals surface area contributed by atoms with Crippen LogP contribution in [0.15, 0.2) is 53.7 Å². The van der Waals surface area contributed by atoms with E-state index in [1.165, 1.54) is 11.1 Å². The predicted molar refractivity (Wildman–Crippen MR) is 106 cm³/mol. The molecule has 0 unspecified atom stereocenters. The van der Waals surface area contributed by atoms with Gasteiger partial charge in [-0.05, 0) is 48.9 Å². The largest absolute Gasteiger partial charge is 0.349 e. The second-order valence-corrected chi connectivity index (χ2v) is 7.81. The van der Waals surface area contributed by atoms with Gasteiger partial charge in [0.25, 0.3) is 0 Å². The normalized spacial score (nSPS) is 16.4. The van der Waals surface area contributed by atoms with E-state index in [9.17, 15) is 4.79 Å². The molecule has 1 aromatic heterocycles. The molecule has 0 spiro atoms. The van der Waals surface area contributed by atoms with E-state index in [2.05, 4.69) is 39.6 Å². The number of H-pyrrole nitrogens is 1. The molecule has 0 saturated heterocycles. The number of aromatic nitrogens is 2. The maximum Gasteiger partial charge on any atom is 0.220 e. The van der Waals surface area contributed by atoms with Gasteiger partial charge in [0.2, 0.25) is 5.91 Å². The minimum atomic E-state index is 0.150. The summed E-state index contributed by atoms with van der Waals surface area (Å²) in [6.45, 7) is 0. The van der Waals surface area contributed by atoms with Crippen molar-refractivity contribution in [2.45, 2.75) is 43.3 Å². The fourth-order valence-electron chi connectivity index (χ4n) is 3.57. The number of fused-ring (bicyclic) bond motifs is 2. The quantitative estimate of drug-likeness (QED) is 0.495. The molecule has 3 aromatic rings. The van der Waals surface area contributed by atoms with Gasteiger partial charge in [0.15, 0.2) is 5.16 Å². The molecule has 5 heteroatoms. The van der Waals surface area contributed by atoms with Gasteiger partial charge in [-0.1, -0.05) is 48.2 Å². The van der Waals surface area contributed by atoms with E-state index in [4.69, 9.17) is 0 Å². The highest BCUT2D eigenvalue weighted by atomic mass is 32.2. The number of aryl methyl sites for hydroxylation is 1. The SMILES string of the molecule is O=C(CCCSc1nc2ccccc2[nH]1)N[C@@H]1CCCc2ccccc21. The zero-order chi connectivity index (χ0) is 17.8. The molecule has 0 fully saturated rings. The number of carbonyl (C=O) groups is 1. The third-order valence-corrected chi connectivity index (χ3v) is 5.82. The third kappa shape index (κ3) is 3.93. The molecular formula is C21H23N3OS. The Hall–Kier alpha value is -2.27. The number of carbonyl (C=O) groups excluding carboxylic acids is 1. The van der Waals surface area contributed by atoms with Gasteiger partial charge in [-0.3, -0.25) is 4.79 Å². The topological polar surface area (TPSA) is 57.8 Å². The van der Waals surface area contributed by atoms with E-state index in [-0.39, 0.29) is 11.9 Å². The molecule has 1 atom stereocenters. The summed E-state index contributed by atoms with van der Waals surface area (Å²) in [5, 5.41) is 4.15. The minimum absolute atomic E-state index is 0.150. The van der Waals surface area contributed by atoms with Crippen LogP contribution in [0.25, 0.3) is 11.0 Å². The fourth-order valence-corrected chi connectivity index (χ4v) is 4.40. The average Bonchev–Trinajstić information content (AvgIpc) is 3.08. The predicted octanol–water partition coefficient (Wildman–Crippen LogP) is 4.63. The van der Waals surface area contributed by atoms with Gasteiger partial charge < -0.3 is 10.3 Å². The van der Waals surface area contributed by atoms with Crippen molar-refractivity contribution in [2.24, 2.45) is 0 Å². The molecule has 0 aliphatic heterocycles. The Balaban J connectivity index is 1.24.